The molecule has 0 saturated heterocycles. The molecule has 0 aromatic heterocycles. The monoisotopic (exact) mass is 353 g/mol. The molecule has 0 bridgehead atoms. The van der Waals surface area contributed by atoms with Crippen LogP contribution in [0.15, 0.2) is 54.1 Å². The molecule has 0 radical (unpaired) electrons. The van der Waals surface area contributed by atoms with E-state index in [4.69, 9.17) is 0 Å². The number of amides is 1. The molecule has 2 rings (SSSR count). The minimum atomic E-state index is -0.622. The van der Waals surface area contributed by atoms with Crippen LogP contribution in [-0.2, 0) is 14.3 Å². The van der Waals surface area contributed by atoms with Crippen LogP contribution in [0.3, 0.4) is 0 Å². The first-order valence-corrected chi connectivity index (χ1v) is 7.81. The minimum Gasteiger partial charge on any atom is -0.465 e. The van der Waals surface area contributed by atoms with Crippen LogP contribution in [0.5, 0.6) is 0 Å². The molecule has 6 heteroatoms. The molecule has 0 aliphatic rings. The smallest absolute Gasteiger partial charge is 0.337 e. The maximum Gasteiger partial charge on any atom is 0.337 e. The van der Waals surface area contributed by atoms with Gasteiger partial charge in [0.2, 0.25) is 0 Å². The van der Waals surface area contributed by atoms with Gasteiger partial charge in [0.15, 0.2) is 0 Å². The standard InChI is InChI=1S/C20H19NO5/c1-13(9-14-7-5-4-6-8-14)18(22)21-17-11-15(19(23)25-2)10-16(12-17)20(24)26-3/h4-12H,1-3H3,(H,21,22)/b13-9-. The molecule has 0 spiro atoms. The van der Waals surface area contributed by atoms with Crippen LogP contribution in [-0.4, -0.2) is 32.1 Å². The highest BCUT2D eigenvalue weighted by molar-refractivity contribution is 6.07. The van der Waals surface area contributed by atoms with Crippen LogP contribution in [0.1, 0.15) is 33.2 Å². The van der Waals surface area contributed by atoms with Crippen molar-refractivity contribution in [3.05, 3.63) is 70.8 Å². The highest BCUT2D eigenvalue weighted by atomic mass is 16.5. The first kappa shape index (κ1) is 18.9. The van der Waals surface area contributed by atoms with Crippen molar-refractivity contribution in [2.75, 3.05) is 19.5 Å². The van der Waals surface area contributed by atoms with Crippen molar-refractivity contribution < 1.29 is 23.9 Å². The molecular weight excluding hydrogens is 334 g/mol. The largest absolute Gasteiger partial charge is 0.465 e. The zero-order valence-corrected chi connectivity index (χ0v) is 14.7. The van der Waals surface area contributed by atoms with E-state index >= 15 is 0 Å². The van der Waals surface area contributed by atoms with Gasteiger partial charge in [-0.1, -0.05) is 30.3 Å². The zero-order valence-electron chi connectivity index (χ0n) is 14.7. The molecule has 0 saturated carbocycles. The number of hydrogen-bond acceptors (Lipinski definition) is 5. The molecule has 1 amide bonds. The fraction of sp³-hybridized carbons (Fsp3) is 0.150. The molecule has 134 valence electrons. The summed E-state index contributed by atoms with van der Waals surface area (Å²) in [4.78, 5) is 36.0. The van der Waals surface area contributed by atoms with Crippen molar-refractivity contribution in [1.82, 2.24) is 0 Å². The summed E-state index contributed by atoms with van der Waals surface area (Å²) < 4.78 is 9.35. The number of methoxy groups -OCH3 is 2. The minimum absolute atomic E-state index is 0.135. The Morgan fingerprint density at radius 3 is 1.92 bits per heavy atom. The quantitative estimate of drug-likeness (QED) is 0.659. The molecule has 0 heterocycles. The second kappa shape index (κ2) is 8.62. The van der Waals surface area contributed by atoms with Gasteiger partial charge in [0.05, 0.1) is 25.3 Å². The number of carbonyl (C=O) groups is 3. The van der Waals surface area contributed by atoms with Gasteiger partial charge in [-0.25, -0.2) is 9.59 Å². The highest BCUT2D eigenvalue weighted by Gasteiger charge is 2.15. The molecular formula is C20H19NO5. The van der Waals surface area contributed by atoms with Gasteiger partial charge in [-0.3, -0.25) is 4.79 Å². The number of nitrogens with one attached hydrogen (secondary N) is 1. The van der Waals surface area contributed by atoms with Crippen molar-refractivity contribution in [2.45, 2.75) is 6.92 Å². The van der Waals surface area contributed by atoms with Crippen molar-refractivity contribution in [3.63, 3.8) is 0 Å². The van der Waals surface area contributed by atoms with Crippen LogP contribution < -0.4 is 5.32 Å². The second-order valence-corrected chi connectivity index (χ2v) is 5.47. The van der Waals surface area contributed by atoms with Crippen LogP contribution in [0, 0.1) is 0 Å². The first-order valence-electron chi connectivity index (χ1n) is 7.81. The van der Waals surface area contributed by atoms with E-state index in [-0.39, 0.29) is 17.0 Å². The first-order chi connectivity index (χ1) is 12.4. The Morgan fingerprint density at radius 1 is 0.885 bits per heavy atom. The third kappa shape index (κ3) is 4.80. The Balaban J connectivity index is 2.29. The molecule has 6 nitrogen and oxygen atoms in total. The number of benzene rings is 2. The Kier molecular flexibility index (Phi) is 6.27. The Morgan fingerprint density at radius 2 is 1.42 bits per heavy atom. The van der Waals surface area contributed by atoms with Gasteiger partial charge in [0.25, 0.3) is 5.91 Å². The van der Waals surface area contributed by atoms with E-state index in [1.165, 1.54) is 32.4 Å². The third-order valence-electron chi connectivity index (χ3n) is 3.57. The van der Waals surface area contributed by atoms with Crippen molar-refractivity contribution >= 4 is 29.6 Å². The number of carbonyl (C=O) groups excluding carboxylic acids is 3. The predicted molar refractivity (Wildman–Crippen MR) is 97.8 cm³/mol. The summed E-state index contributed by atoms with van der Waals surface area (Å²) in [6, 6.07) is 13.6. The third-order valence-corrected chi connectivity index (χ3v) is 3.57. The van der Waals surface area contributed by atoms with E-state index in [2.05, 4.69) is 14.8 Å². The average Bonchev–Trinajstić information content (AvgIpc) is 2.67. The number of rotatable bonds is 5. The van der Waals surface area contributed by atoms with Crippen molar-refractivity contribution in [2.24, 2.45) is 0 Å². The summed E-state index contributed by atoms with van der Waals surface area (Å²) in [5.74, 6) is -1.60. The van der Waals surface area contributed by atoms with Crippen LogP contribution in [0.25, 0.3) is 6.08 Å². The lowest BCUT2D eigenvalue weighted by molar-refractivity contribution is -0.112. The summed E-state index contributed by atoms with van der Waals surface area (Å²) in [5.41, 5.74) is 1.92. The van der Waals surface area contributed by atoms with E-state index in [0.717, 1.165) is 5.56 Å². The van der Waals surface area contributed by atoms with Crippen molar-refractivity contribution in [1.29, 1.82) is 0 Å². The van der Waals surface area contributed by atoms with Gasteiger partial charge in [0.1, 0.15) is 0 Å². The van der Waals surface area contributed by atoms with Crippen LogP contribution >= 0.6 is 0 Å². The van der Waals surface area contributed by atoms with Crippen LogP contribution in [0.4, 0.5) is 5.69 Å². The number of hydrogen-bond donors (Lipinski definition) is 1. The normalized spacial score (nSPS) is 10.8. The van der Waals surface area contributed by atoms with E-state index in [1.54, 1.807) is 13.0 Å². The van der Waals surface area contributed by atoms with E-state index < -0.39 is 11.9 Å². The lowest BCUT2D eigenvalue weighted by Crippen LogP contribution is -2.14. The number of esters is 2. The molecule has 0 atom stereocenters. The summed E-state index contributed by atoms with van der Waals surface area (Å²) >= 11 is 0. The van der Waals surface area contributed by atoms with Gasteiger partial charge in [-0.05, 0) is 36.8 Å². The predicted octanol–water partition coefficient (Wildman–Crippen LogP) is 3.30. The summed E-state index contributed by atoms with van der Waals surface area (Å²) in [6.45, 7) is 1.67. The average molecular weight is 353 g/mol. The van der Waals surface area contributed by atoms with Crippen LogP contribution in [0.2, 0.25) is 0 Å². The van der Waals surface area contributed by atoms with Gasteiger partial charge in [-0.2, -0.15) is 0 Å². The molecule has 0 fully saturated rings. The summed E-state index contributed by atoms with van der Waals surface area (Å²) in [5, 5.41) is 2.68. The number of ether oxygens (including phenoxy) is 2. The molecule has 0 aliphatic carbocycles. The molecule has 0 aliphatic heterocycles. The van der Waals surface area contributed by atoms with E-state index in [1.807, 2.05) is 30.3 Å². The summed E-state index contributed by atoms with van der Waals surface area (Å²) in [7, 11) is 2.47. The Hall–Kier alpha value is -3.41. The Labute approximate surface area is 151 Å². The molecule has 1 N–H and O–H groups in total. The topological polar surface area (TPSA) is 81.7 Å². The van der Waals surface area contributed by atoms with Gasteiger partial charge in [-0.15, -0.1) is 0 Å². The Bertz CT molecular complexity index is 822. The maximum absolute atomic E-state index is 12.4. The van der Waals surface area contributed by atoms with Gasteiger partial charge in [0, 0.05) is 11.3 Å². The zero-order chi connectivity index (χ0) is 19.1. The van der Waals surface area contributed by atoms with Gasteiger partial charge < -0.3 is 14.8 Å². The molecule has 26 heavy (non-hydrogen) atoms. The molecule has 0 unspecified atom stereocenters. The molecule has 2 aromatic rings. The SMILES string of the molecule is COC(=O)c1cc(NC(=O)/C(C)=C\c2ccccc2)cc(C(=O)OC)c1. The summed E-state index contributed by atoms with van der Waals surface area (Å²) in [6.07, 6.45) is 1.74. The fourth-order valence-corrected chi connectivity index (χ4v) is 2.27. The van der Waals surface area contributed by atoms with E-state index in [0.29, 0.717) is 11.3 Å². The van der Waals surface area contributed by atoms with Gasteiger partial charge >= 0.3 is 11.9 Å². The highest BCUT2D eigenvalue weighted by Crippen LogP contribution is 2.18. The lowest BCUT2D eigenvalue weighted by Gasteiger charge is -2.10. The lowest BCUT2D eigenvalue weighted by atomic mass is 10.1. The van der Waals surface area contributed by atoms with Crippen molar-refractivity contribution in [3.8, 4) is 0 Å². The fourth-order valence-electron chi connectivity index (χ4n) is 2.27. The second-order valence-electron chi connectivity index (χ2n) is 5.47. The number of anilines is 1. The van der Waals surface area contributed by atoms with E-state index in [9.17, 15) is 14.4 Å². The molecule has 2 aromatic carbocycles. The maximum atomic E-state index is 12.4.